The fraction of sp³-hybridized carbons (Fsp3) is 0.0556. The van der Waals surface area contributed by atoms with Gasteiger partial charge in [-0.15, -0.1) is 0 Å². The molecule has 3 heteroatoms. The number of ketones is 1. The number of hydrogen-bond acceptors (Lipinski definition) is 2. The van der Waals surface area contributed by atoms with Crippen molar-refractivity contribution in [3.05, 3.63) is 77.8 Å². The molecule has 21 heavy (non-hydrogen) atoms. The van der Waals surface area contributed by atoms with E-state index in [-0.39, 0.29) is 12.0 Å². The second kappa shape index (κ2) is 5.37. The van der Waals surface area contributed by atoms with Crippen LogP contribution in [0.15, 0.2) is 72.3 Å². The van der Waals surface area contributed by atoms with Gasteiger partial charge < -0.3 is 5.11 Å². The number of benzene rings is 2. The third-order valence-corrected chi connectivity index (χ3v) is 3.48. The first-order valence-electron chi connectivity index (χ1n) is 6.65. The third kappa shape index (κ3) is 2.50. The van der Waals surface area contributed by atoms with Crippen LogP contribution in [0.1, 0.15) is 12.0 Å². The maximum absolute atomic E-state index is 14.1. The molecular weight excluding hydrogens is 267 g/mol. The number of aliphatic hydroxyl groups is 1. The van der Waals surface area contributed by atoms with Gasteiger partial charge in [0, 0.05) is 12.0 Å². The van der Waals surface area contributed by atoms with Gasteiger partial charge in [-0.05, 0) is 22.8 Å². The van der Waals surface area contributed by atoms with Gasteiger partial charge in [-0.25, -0.2) is 4.39 Å². The summed E-state index contributed by atoms with van der Waals surface area (Å²) in [6.07, 6.45) is 1.53. The molecule has 2 aromatic rings. The molecule has 0 aliphatic heterocycles. The number of hydrogen-bond donors (Lipinski definition) is 1. The predicted molar refractivity (Wildman–Crippen MR) is 80.2 cm³/mol. The zero-order valence-corrected chi connectivity index (χ0v) is 11.2. The average Bonchev–Trinajstić information content (AvgIpc) is 2.54. The van der Waals surface area contributed by atoms with Crippen molar-refractivity contribution in [2.75, 3.05) is 0 Å². The quantitative estimate of drug-likeness (QED) is 0.882. The van der Waals surface area contributed by atoms with Gasteiger partial charge in [-0.1, -0.05) is 54.6 Å². The molecule has 0 spiro atoms. The third-order valence-electron chi connectivity index (χ3n) is 3.48. The van der Waals surface area contributed by atoms with E-state index in [1.807, 2.05) is 48.5 Å². The molecular formula is C18H13FO2. The van der Waals surface area contributed by atoms with Crippen molar-refractivity contribution in [3.8, 4) is 11.1 Å². The molecule has 0 saturated heterocycles. The molecule has 3 rings (SSSR count). The lowest BCUT2D eigenvalue weighted by molar-refractivity contribution is -0.117. The Morgan fingerprint density at radius 1 is 0.905 bits per heavy atom. The number of carbonyl (C=O) groups excluding carboxylic acids is 1. The standard InChI is InChI=1S/C18H13FO2/c19-17-15(9-10-16(20)18(17)21)14-8-4-7-13(11-14)12-5-2-1-3-6-12/h1-9,11,21H,10H2. The van der Waals surface area contributed by atoms with Gasteiger partial charge in [0.15, 0.2) is 11.6 Å². The molecule has 2 nitrogen and oxygen atoms in total. The van der Waals surface area contributed by atoms with E-state index in [1.54, 1.807) is 6.07 Å². The highest BCUT2D eigenvalue weighted by Crippen LogP contribution is 2.32. The summed E-state index contributed by atoms with van der Waals surface area (Å²) in [5.74, 6) is -2.22. The van der Waals surface area contributed by atoms with Crippen molar-refractivity contribution in [2.24, 2.45) is 0 Å². The predicted octanol–water partition coefficient (Wildman–Crippen LogP) is 4.45. The van der Waals surface area contributed by atoms with Crippen LogP contribution in [0, 0.1) is 0 Å². The minimum Gasteiger partial charge on any atom is -0.502 e. The second-order valence-electron chi connectivity index (χ2n) is 4.85. The number of halogens is 1. The summed E-state index contributed by atoms with van der Waals surface area (Å²) in [6.45, 7) is 0. The molecule has 0 saturated carbocycles. The Labute approximate surface area is 121 Å². The molecule has 1 aliphatic rings. The van der Waals surface area contributed by atoms with E-state index in [0.717, 1.165) is 11.1 Å². The minimum atomic E-state index is -0.850. The lowest BCUT2D eigenvalue weighted by atomic mass is 9.94. The summed E-state index contributed by atoms with van der Waals surface area (Å²) in [7, 11) is 0. The highest BCUT2D eigenvalue weighted by Gasteiger charge is 2.23. The van der Waals surface area contributed by atoms with Crippen molar-refractivity contribution in [1.29, 1.82) is 0 Å². The Morgan fingerprint density at radius 3 is 2.33 bits per heavy atom. The summed E-state index contributed by atoms with van der Waals surface area (Å²) in [5.41, 5.74) is 2.90. The smallest absolute Gasteiger partial charge is 0.204 e. The normalized spacial score (nSPS) is 15.1. The van der Waals surface area contributed by atoms with Crippen LogP contribution in [-0.4, -0.2) is 10.9 Å². The van der Waals surface area contributed by atoms with E-state index in [9.17, 15) is 14.3 Å². The van der Waals surface area contributed by atoms with Gasteiger partial charge in [-0.2, -0.15) is 0 Å². The Morgan fingerprint density at radius 2 is 1.57 bits per heavy atom. The maximum Gasteiger partial charge on any atom is 0.204 e. The summed E-state index contributed by atoms with van der Waals surface area (Å²) in [6, 6.07) is 17.1. The molecule has 0 unspecified atom stereocenters. The summed E-state index contributed by atoms with van der Waals surface area (Å²) in [4.78, 5) is 11.3. The fourth-order valence-corrected chi connectivity index (χ4v) is 2.37. The molecule has 0 heterocycles. The minimum absolute atomic E-state index is 0.0180. The molecule has 0 aromatic heterocycles. The first-order valence-corrected chi connectivity index (χ1v) is 6.65. The lowest BCUT2D eigenvalue weighted by Gasteiger charge is -2.13. The maximum atomic E-state index is 14.1. The van der Waals surface area contributed by atoms with E-state index in [4.69, 9.17) is 0 Å². The largest absolute Gasteiger partial charge is 0.502 e. The van der Waals surface area contributed by atoms with Crippen LogP contribution in [0.2, 0.25) is 0 Å². The number of rotatable bonds is 2. The molecule has 0 radical (unpaired) electrons. The van der Waals surface area contributed by atoms with E-state index in [2.05, 4.69) is 0 Å². The van der Waals surface area contributed by atoms with E-state index in [1.165, 1.54) is 6.08 Å². The zero-order valence-electron chi connectivity index (χ0n) is 11.2. The number of allylic oxidation sites excluding steroid dienone is 4. The van der Waals surface area contributed by atoms with E-state index >= 15 is 0 Å². The summed E-state index contributed by atoms with van der Waals surface area (Å²) < 4.78 is 14.1. The monoisotopic (exact) mass is 280 g/mol. The van der Waals surface area contributed by atoms with Crippen molar-refractivity contribution in [2.45, 2.75) is 6.42 Å². The Balaban J connectivity index is 2.04. The summed E-state index contributed by atoms with van der Waals surface area (Å²) in [5, 5.41) is 9.48. The molecule has 2 aromatic carbocycles. The van der Waals surface area contributed by atoms with Gasteiger partial charge >= 0.3 is 0 Å². The Hall–Kier alpha value is -2.68. The Kier molecular flexibility index (Phi) is 3.40. The Bertz CT molecular complexity index is 758. The van der Waals surface area contributed by atoms with Crippen LogP contribution < -0.4 is 0 Å². The van der Waals surface area contributed by atoms with Crippen molar-refractivity contribution < 1.29 is 14.3 Å². The van der Waals surface area contributed by atoms with Gasteiger partial charge in [0.2, 0.25) is 5.78 Å². The van der Waals surface area contributed by atoms with Crippen LogP contribution in [0.4, 0.5) is 4.39 Å². The van der Waals surface area contributed by atoms with E-state index < -0.39 is 17.4 Å². The lowest BCUT2D eigenvalue weighted by Crippen LogP contribution is -2.08. The van der Waals surface area contributed by atoms with Crippen LogP contribution >= 0.6 is 0 Å². The molecule has 0 fully saturated rings. The number of aliphatic hydroxyl groups excluding tert-OH is 1. The number of carbonyl (C=O) groups is 1. The van der Waals surface area contributed by atoms with Crippen LogP contribution in [0.3, 0.4) is 0 Å². The molecule has 104 valence electrons. The zero-order chi connectivity index (χ0) is 14.8. The van der Waals surface area contributed by atoms with Crippen molar-refractivity contribution in [3.63, 3.8) is 0 Å². The van der Waals surface area contributed by atoms with Crippen LogP contribution in [-0.2, 0) is 4.79 Å². The van der Waals surface area contributed by atoms with Crippen LogP contribution in [0.25, 0.3) is 16.7 Å². The molecule has 1 N–H and O–H groups in total. The average molecular weight is 280 g/mol. The van der Waals surface area contributed by atoms with Crippen LogP contribution in [0.5, 0.6) is 0 Å². The first-order chi connectivity index (χ1) is 10.2. The van der Waals surface area contributed by atoms with E-state index in [0.29, 0.717) is 5.56 Å². The first kappa shape index (κ1) is 13.3. The highest BCUT2D eigenvalue weighted by molar-refractivity contribution is 6.02. The SMILES string of the molecule is O=C1CC=C(c2cccc(-c3ccccc3)c2)C(F)=C1O. The number of Topliss-reactive ketones (excluding diaryl/α,β-unsaturated/α-hetero) is 1. The molecule has 0 bridgehead atoms. The molecule has 0 amide bonds. The molecule has 1 aliphatic carbocycles. The highest BCUT2D eigenvalue weighted by atomic mass is 19.1. The fourth-order valence-electron chi connectivity index (χ4n) is 2.37. The van der Waals surface area contributed by atoms with Gasteiger partial charge in [-0.3, -0.25) is 4.79 Å². The van der Waals surface area contributed by atoms with Gasteiger partial charge in [0.25, 0.3) is 0 Å². The topological polar surface area (TPSA) is 37.3 Å². The van der Waals surface area contributed by atoms with Gasteiger partial charge in [0.1, 0.15) is 0 Å². The molecule has 0 atom stereocenters. The second-order valence-corrected chi connectivity index (χ2v) is 4.85. The van der Waals surface area contributed by atoms with Crippen molar-refractivity contribution >= 4 is 11.4 Å². The summed E-state index contributed by atoms with van der Waals surface area (Å²) >= 11 is 0. The van der Waals surface area contributed by atoms with Gasteiger partial charge in [0.05, 0.1) is 0 Å². The van der Waals surface area contributed by atoms with Crippen molar-refractivity contribution in [1.82, 2.24) is 0 Å².